The lowest BCUT2D eigenvalue weighted by molar-refractivity contribution is 0.355. The van der Waals surface area contributed by atoms with Gasteiger partial charge in [-0.2, -0.15) is 0 Å². The molecule has 5 nitrogen and oxygen atoms in total. The summed E-state index contributed by atoms with van der Waals surface area (Å²) in [5.74, 6) is 3.11. The summed E-state index contributed by atoms with van der Waals surface area (Å²) in [7, 11) is 3.28. The summed E-state index contributed by atoms with van der Waals surface area (Å²) >= 11 is 0. The first-order valence-corrected chi connectivity index (χ1v) is 7.67. The Hall–Kier alpha value is -2.04. The molecule has 0 amide bonds. The number of benzene rings is 1. The fraction of sp³-hybridized carbons (Fsp3) is 0.471. The van der Waals surface area contributed by atoms with Crippen LogP contribution in [-0.2, 0) is 0 Å². The van der Waals surface area contributed by atoms with Crippen LogP contribution in [0.3, 0.4) is 0 Å². The third-order valence-corrected chi connectivity index (χ3v) is 4.44. The minimum Gasteiger partial charge on any atom is -0.493 e. The van der Waals surface area contributed by atoms with Gasteiger partial charge >= 0.3 is 0 Å². The molecule has 117 valence electrons. The van der Waals surface area contributed by atoms with Gasteiger partial charge < -0.3 is 14.4 Å². The monoisotopic (exact) mass is 300 g/mol. The smallest absolute Gasteiger partial charge is 0.162 e. The standard InChI is InChI=1S/C17H22N3O2/c1-4-12-5-7-20(8-6-12)17-13-9-15(21-2)16(22-3)10-14(13)18-11-19-17/h9-12H,1,4-8H2,2-3H3. The van der Waals surface area contributed by atoms with E-state index in [0.717, 1.165) is 42.1 Å². The minimum absolute atomic E-state index is 0.690. The third kappa shape index (κ3) is 2.67. The van der Waals surface area contributed by atoms with E-state index in [0.29, 0.717) is 11.5 Å². The average Bonchev–Trinajstić information content (AvgIpc) is 2.60. The number of methoxy groups -OCH3 is 2. The van der Waals surface area contributed by atoms with E-state index in [2.05, 4.69) is 21.8 Å². The number of hydrogen-bond donors (Lipinski definition) is 0. The van der Waals surface area contributed by atoms with Crippen LogP contribution in [0.4, 0.5) is 5.82 Å². The molecule has 1 aliphatic heterocycles. The molecule has 1 aromatic carbocycles. The summed E-state index contributed by atoms with van der Waals surface area (Å²) in [5, 5.41) is 1.01. The maximum absolute atomic E-state index is 5.41. The van der Waals surface area contributed by atoms with E-state index in [-0.39, 0.29) is 0 Å². The molecule has 0 saturated carbocycles. The van der Waals surface area contributed by atoms with Crippen LogP contribution in [0.1, 0.15) is 19.3 Å². The molecule has 2 aromatic rings. The highest BCUT2D eigenvalue weighted by molar-refractivity contribution is 5.92. The zero-order valence-corrected chi connectivity index (χ0v) is 13.2. The van der Waals surface area contributed by atoms with Gasteiger partial charge in [0.25, 0.3) is 0 Å². The maximum atomic E-state index is 5.41. The fourth-order valence-corrected chi connectivity index (χ4v) is 3.05. The van der Waals surface area contributed by atoms with Gasteiger partial charge in [0.2, 0.25) is 0 Å². The lowest BCUT2D eigenvalue weighted by Gasteiger charge is -2.32. The average molecular weight is 300 g/mol. The summed E-state index contributed by atoms with van der Waals surface area (Å²) in [5.41, 5.74) is 0.877. The topological polar surface area (TPSA) is 47.5 Å². The Kier molecular flexibility index (Phi) is 4.32. The van der Waals surface area contributed by atoms with Crippen molar-refractivity contribution in [3.8, 4) is 11.5 Å². The predicted octanol–water partition coefficient (Wildman–Crippen LogP) is 3.09. The zero-order chi connectivity index (χ0) is 15.5. The van der Waals surface area contributed by atoms with Crippen LogP contribution in [0.5, 0.6) is 11.5 Å². The van der Waals surface area contributed by atoms with Crippen LogP contribution in [-0.4, -0.2) is 37.3 Å². The van der Waals surface area contributed by atoms with Crippen LogP contribution >= 0.6 is 0 Å². The molecule has 1 saturated heterocycles. The maximum Gasteiger partial charge on any atom is 0.162 e. The van der Waals surface area contributed by atoms with E-state index in [1.54, 1.807) is 20.5 Å². The molecule has 0 spiro atoms. The first-order chi connectivity index (χ1) is 10.8. The van der Waals surface area contributed by atoms with Gasteiger partial charge in [0, 0.05) is 24.5 Å². The number of hydrogen-bond acceptors (Lipinski definition) is 5. The number of anilines is 1. The number of rotatable bonds is 4. The molecule has 2 heterocycles. The van der Waals surface area contributed by atoms with E-state index in [1.165, 1.54) is 12.8 Å². The summed E-state index contributed by atoms with van der Waals surface area (Å²) in [4.78, 5) is 11.2. The second kappa shape index (κ2) is 6.38. The molecule has 1 aliphatic rings. The van der Waals surface area contributed by atoms with Crippen molar-refractivity contribution in [3.63, 3.8) is 0 Å². The molecule has 1 aromatic heterocycles. The Bertz CT molecular complexity index is 652. The van der Waals surface area contributed by atoms with Crippen molar-refractivity contribution in [1.29, 1.82) is 0 Å². The third-order valence-electron chi connectivity index (χ3n) is 4.44. The minimum atomic E-state index is 0.690. The van der Waals surface area contributed by atoms with E-state index in [4.69, 9.17) is 9.47 Å². The fourth-order valence-electron chi connectivity index (χ4n) is 3.05. The van der Waals surface area contributed by atoms with E-state index in [9.17, 15) is 0 Å². The Balaban J connectivity index is 1.99. The molecule has 0 bridgehead atoms. The van der Waals surface area contributed by atoms with Crippen molar-refractivity contribution in [3.05, 3.63) is 25.4 Å². The van der Waals surface area contributed by atoms with Crippen molar-refractivity contribution in [1.82, 2.24) is 9.97 Å². The molecule has 0 aliphatic carbocycles. The summed E-state index contributed by atoms with van der Waals surface area (Å²) in [6, 6.07) is 3.87. The van der Waals surface area contributed by atoms with Crippen LogP contribution < -0.4 is 14.4 Å². The van der Waals surface area contributed by atoms with Gasteiger partial charge in [-0.05, 0) is 24.8 Å². The summed E-state index contributed by atoms with van der Waals surface area (Å²) in [6.07, 6.45) is 4.98. The number of fused-ring (bicyclic) bond motifs is 1. The molecule has 1 fully saturated rings. The van der Waals surface area contributed by atoms with Crippen molar-refractivity contribution in [2.24, 2.45) is 5.92 Å². The van der Waals surface area contributed by atoms with Gasteiger partial charge in [0.1, 0.15) is 12.1 Å². The van der Waals surface area contributed by atoms with Crippen LogP contribution in [0.25, 0.3) is 10.9 Å². The molecule has 1 radical (unpaired) electrons. The number of ether oxygens (including phenoxy) is 2. The second-order valence-corrected chi connectivity index (χ2v) is 5.64. The molecule has 5 heteroatoms. The van der Waals surface area contributed by atoms with Gasteiger partial charge in [0.05, 0.1) is 19.7 Å². The Labute approximate surface area is 131 Å². The van der Waals surface area contributed by atoms with Gasteiger partial charge in [0.15, 0.2) is 11.5 Å². The van der Waals surface area contributed by atoms with Gasteiger partial charge in [-0.1, -0.05) is 13.3 Å². The van der Waals surface area contributed by atoms with Crippen LogP contribution in [0.2, 0.25) is 0 Å². The number of nitrogens with zero attached hydrogens (tertiary/aromatic N) is 3. The van der Waals surface area contributed by atoms with E-state index in [1.807, 2.05) is 12.1 Å². The molecule has 0 unspecified atom stereocenters. The van der Waals surface area contributed by atoms with Crippen molar-refractivity contribution in [2.75, 3.05) is 32.2 Å². The van der Waals surface area contributed by atoms with Gasteiger partial charge in [-0.25, -0.2) is 9.97 Å². The summed E-state index contributed by atoms with van der Waals surface area (Å²) in [6.45, 7) is 6.05. The van der Waals surface area contributed by atoms with E-state index >= 15 is 0 Å². The summed E-state index contributed by atoms with van der Waals surface area (Å²) < 4.78 is 10.8. The first kappa shape index (κ1) is 14.9. The largest absolute Gasteiger partial charge is 0.493 e. The highest BCUT2D eigenvalue weighted by atomic mass is 16.5. The Morgan fingerprint density at radius 1 is 1.14 bits per heavy atom. The lowest BCUT2D eigenvalue weighted by Crippen LogP contribution is -2.34. The predicted molar refractivity (Wildman–Crippen MR) is 87.6 cm³/mol. The lowest BCUT2D eigenvalue weighted by atomic mass is 9.94. The van der Waals surface area contributed by atoms with Crippen molar-refractivity contribution < 1.29 is 9.47 Å². The highest BCUT2D eigenvalue weighted by Gasteiger charge is 2.21. The molecule has 0 atom stereocenters. The van der Waals surface area contributed by atoms with Crippen molar-refractivity contribution in [2.45, 2.75) is 19.3 Å². The van der Waals surface area contributed by atoms with E-state index < -0.39 is 0 Å². The molecular weight excluding hydrogens is 278 g/mol. The highest BCUT2D eigenvalue weighted by Crippen LogP contribution is 2.35. The van der Waals surface area contributed by atoms with Gasteiger partial charge in [-0.15, -0.1) is 0 Å². The first-order valence-electron chi connectivity index (χ1n) is 7.67. The SMILES string of the molecule is [CH2]CC1CCN(c2ncnc3cc(OC)c(OC)cc23)CC1. The molecule has 3 rings (SSSR count). The molecular formula is C17H22N3O2. The Morgan fingerprint density at radius 2 is 1.82 bits per heavy atom. The number of piperidine rings is 1. The zero-order valence-electron chi connectivity index (χ0n) is 13.2. The van der Waals surface area contributed by atoms with Crippen molar-refractivity contribution >= 4 is 16.7 Å². The molecule has 22 heavy (non-hydrogen) atoms. The Morgan fingerprint density at radius 3 is 2.45 bits per heavy atom. The second-order valence-electron chi connectivity index (χ2n) is 5.64. The number of aromatic nitrogens is 2. The van der Waals surface area contributed by atoms with Crippen LogP contribution in [0.15, 0.2) is 18.5 Å². The normalized spacial score (nSPS) is 16.0. The van der Waals surface area contributed by atoms with Gasteiger partial charge in [-0.3, -0.25) is 0 Å². The van der Waals surface area contributed by atoms with Crippen LogP contribution in [0, 0.1) is 12.8 Å². The quantitative estimate of drug-likeness (QED) is 0.868. The molecule has 0 N–H and O–H groups in total.